The molecule has 1 amide bonds. The highest BCUT2D eigenvalue weighted by Crippen LogP contribution is 2.33. The van der Waals surface area contributed by atoms with Gasteiger partial charge in [-0.2, -0.15) is 13.2 Å². The number of H-pyrrole nitrogens is 1. The van der Waals surface area contributed by atoms with Gasteiger partial charge in [-0.25, -0.2) is 15.0 Å². The van der Waals surface area contributed by atoms with Crippen molar-refractivity contribution in [1.29, 1.82) is 0 Å². The number of ether oxygens (including phenoxy) is 1. The summed E-state index contributed by atoms with van der Waals surface area (Å²) in [5, 5.41) is 6.54. The molecule has 8 nitrogen and oxygen atoms in total. The smallest absolute Gasteiger partial charge is 0.422 e. The average molecular weight is 436 g/mol. The van der Waals surface area contributed by atoms with Crippen LogP contribution in [0.25, 0.3) is 11.0 Å². The molecule has 3 rings (SSSR count). The molecule has 166 valence electrons. The summed E-state index contributed by atoms with van der Waals surface area (Å²) in [6.07, 6.45) is -1.76. The Kier molecular flexibility index (Phi) is 6.62. The van der Waals surface area contributed by atoms with E-state index in [1.807, 2.05) is 20.8 Å². The highest BCUT2D eigenvalue weighted by Gasteiger charge is 2.30. The van der Waals surface area contributed by atoms with Gasteiger partial charge in [0.05, 0.1) is 11.4 Å². The second-order valence-corrected chi connectivity index (χ2v) is 7.19. The van der Waals surface area contributed by atoms with Crippen molar-refractivity contribution in [2.24, 2.45) is 5.92 Å². The Morgan fingerprint density at radius 2 is 2.03 bits per heavy atom. The molecule has 0 fully saturated rings. The number of amides is 1. The van der Waals surface area contributed by atoms with E-state index in [4.69, 9.17) is 4.74 Å². The highest BCUT2D eigenvalue weighted by molar-refractivity contribution is 5.99. The third-order valence-electron chi connectivity index (χ3n) is 4.47. The lowest BCUT2D eigenvalue weighted by molar-refractivity contribution is -0.154. The summed E-state index contributed by atoms with van der Waals surface area (Å²) in [5.74, 6) is 0.000685. The van der Waals surface area contributed by atoms with Gasteiger partial charge in [0.15, 0.2) is 6.61 Å². The molecule has 0 unspecified atom stereocenters. The summed E-state index contributed by atoms with van der Waals surface area (Å²) < 4.78 is 42.9. The third kappa shape index (κ3) is 5.41. The number of nitrogens with zero attached hydrogens (tertiary/aromatic N) is 3. The number of fused-ring (bicyclic) bond motifs is 1. The van der Waals surface area contributed by atoms with Crippen LogP contribution in [0.2, 0.25) is 0 Å². The van der Waals surface area contributed by atoms with Gasteiger partial charge in [0.2, 0.25) is 5.88 Å². The van der Waals surface area contributed by atoms with Crippen molar-refractivity contribution in [3.8, 4) is 5.88 Å². The first-order valence-electron chi connectivity index (χ1n) is 9.72. The molecule has 3 heterocycles. The van der Waals surface area contributed by atoms with E-state index < -0.39 is 18.8 Å². The lowest BCUT2D eigenvalue weighted by Gasteiger charge is -2.25. The molecular formula is C20H23F3N6O2. The van der Waals surface area contributed by atoms with Gasteiger partial charge in [-0.1, -0.05) is 19.9 Å². The first-order valence-corrected chi connectivity index (χ1v) is 9.72. The molecule has 0 radical (unpaired) electrons. The molecule has 0 aliphatic rings. The van der Waals surface area contributed by atoms with Gasteiger partial charge < -0.3 is 20.4 Å². The van der Waals surface area contributed by atoms with Crippen LogP contribution in [0.3, 0.4) is 0 Å². The molecule has 31 heavy (non-hydrogen) atoms. The molecule has 0 bridgehead atoms. The Bertz CT molecular complexity index is 1050. The van der Waals surface area contributed by atoms with Crippen molar-refractivity contribution >= 4 is 22.8 Å². The number of carbonyl (C=O) groups is 1. The van der Waals surface area contributed by atoms with Crippen molar-refractivity contribution < 1.29 is 22.7 Å². The predicted molar refractivity (Wildman–Crippen MR) is 109 cm³/mol. The van der Waals surface area contributed by atoms with Crippen LogP contribution in [-0.2, 0) is 0 Å². The van der Waals surface area contributed by atoms with Crippen LogP contribution in [0, 0.1) is 5.92 Å². The van der Waals surface area contributed by atoms with Crippen LogP contribution < -0.4 is 15.4 Å². The number of rotatable bonds is 8. The molecule has 0 spiro atoms. The minimum Gasteiger partial charge on any atom is -0.468 e. The molecule has 0 aliphatic carbocycles. The second kappa shape index (κ2) is 9.19. The largest absolute Gasteiger partial charge is 0.468 e. The zero-order chi connectivity index (χ0) is 22.6. The summed E-state index contributed by atoms with van der Waals surface area (Å²) >= 11 is 0. The first-order chi connectivity index (χ1) is 14.7. The summed E-state index contributed by atoms with van der Waals surface area (Å²) in [6, 6.07) is 4.46. The number of nitrogens with one attached hydrogen (secondary N) is 3. The number of aromatic nitrogens is 4. The first kappa shape index (κ1) is 22.3. The van der Waals surface area contributed by atoms with Crippen LogP contribution in [-0.4, -0.2) is 45.2 Å². The van der Waals surface area contributed by atoms with Crippen LogP contribution in [0.1, 0.15) is 42.9 Å². The summed E-state index contributed by atoms with van der Waals surface area (Å²) in [6.45, 7) is 4.67. The summed E-state index contributed by atoms with van der Waals surface area (Å²) in [7, 11) is 0. The summed E-state index contributed by atoms with van der Waals surface area (Å²) in [4.78, 5) is 27.5. The van der Waals surface area contributed by atoms with Gasteiger partial charge >= 0.3 is 6.18 Å². The molecule has 0 saturated carbocycles. The van der Waals surface area contributed by atoms with Gasteiger partial charge in [-0.3, -0.25) is 4.79 Å². The highest BCUT2D eigenvalue weighted by atomic mass is 19.4. The molecule has 3 aromatic heterocycles. The fraction of sp³-hybridized carbons (Fsp3) is 0.400. The van der Waals surface area contributed by atoms with Gasteiger partial charge in [0, 0.05) is 18.3 Å². The van der Waals surface area contributed by atoms with Crippen LogP contribution >= 0.6 is 0 Å². The Morgan fingerprint density at radius 1 is 1.26 bits per heavy atom. The third-order valence-corrected chi connectivity index (χ3v) is 4.47. The van der Waals surface area contributed by atoms with E-state index in [0.29, 0.717) is 34.7 Å². The molecule has 0 aliphatic heterocycles. The number of carbonyl (C=O) groups excluding carboxylic acids is 1. The normalized spacial score (nSPS) is 12.7. The standard InChI is InChI=1S/C20H23F3N6O2/c1-4-24-18(30)14-8-13-16(28-14)26-10-27-17(13)29-15(11(2)3)12-6-5-7-25-19(12)31-9-20(21,22)23/h5-8,10-11,15H,4,9H2,1-3H3,(H,24,30)(H2,26,27,28,29)/t15-/m1/s1. The van der Waals surface area contributed by atoms with Gasteiger partial charge in [-0.05, 0) is 25.0 Å². The topological polar surface area (TPSA) is 105 Å². The van der Waals surface area contributed by atoms with Crippen molar-refractivity contribution in [2.45, 2.75) is 33.0 Å². The monoisotopic (exact) mass is 436 g/mol. The zero-order valence-electron chi connectivity index (χ0n) is 17.2. The maximum atomic E-state index is 12.7. The average Bonchev–Trinajstić information content (AvgIpc) is 3.15. The Morgan fingerprint density at radius 3 is 2.71 bits per heavy atom. The van der Waals surface area contributed by atoms with Gasteiger partial charge in [-0.15, -0.1) is 0 Å². The van der Waals surface area contributed by atoms with Gasteiger partial charge in [0.25, 0.3) is 5.91 Å². The number of hydrogen-bond acceptors (Lipinski definition) is 6. The summed E-state index contributed by atoms with van der Waals surface area (Å²) in [5.41, 5.74) is 1.26. The van der Waals surface area contributed by atoms with Crippen molar-refractivity contribution in [3.63, 3.8) is 0 Å². The minimum absolute atomic E-state index is 0.0516. The minimum atomic E-state index is -4.48. The van der Waals surface area contributed by atoms with E-state index in [1.165, 1.54) is 12.5 Å². The number of aromatic amines is 1. The Hall–Kier alpha value is -3.37. The Labute approximate surface area is 176 Å². The number of alkyl halides is 3. The lowest BCUT2D eigenvalue weighted by atomic mass is 9.96. The molecule has 3 N–H and O–H groups in total. The zero-order valence-corrected chi connectivity index (χ0v) is 17.2. The van der Waals surface area contributed by atoms with E-state index in [0.717, 1.165) is 0 Å². The van der Waals surface area contributed by atoms with Crippen LogP contribution in [0.15, 0.2) is 30.7 Å². The maximum Gasteiger partial charge on any atom is 0.422 e. The van der Waals surface area contributed by atoms with Crippen LogP contribution in [0.4, 0.5) is 19.0 Å². The maximum absolute atomic E-state index is 12.7. The van der Waals surface area contributed by atoms with E-state index in [9.17, 15) is 18.0 Å². The number of hydrogen-bond donors (Lipinski definition) is 3. The fourth-order valence-corrected chi connectivity index (χ4v) is 3.09. The molecule has 11 heteroatoms. The number of pyridine rings is 1. The van der Waals surface area contributed by atoms with Crippen molar-refractivity contribution in [3.05, 3.63) is 42.0 Å². The van der Waals surface area contributed by atoms with Gasteiger partial charge in [0.1, 0.15) is 23.5 Å². The van der Waals surface area contributed by atoms with Crippen LogP contribution in [0.5, 0.6) is 5.88 Å². The van der Waals surface area contributed by atoms with E-state index in [-0.39, 0.29) is 17.7 Å². The second-order valence-electron chi connectivity index (χ2n) is 7.19. The van der Waals surface area contributed by atoms with E-state index >= 15 is 0 Å². The van der Waals surface area contributed by atoms with E-state index in [1.54, 1.807) is 18.2 Å². The van der Waals surface area contributed by atoms with E-state index in [2.05, 4.69) is 30.6 Å². The quantitative estimate of drug-likeness (QED) is 0.495. The van der Waals surface area contributed by atoms with Crippen molar-refractivity contribution in [2.75, 3.05) is 18.5 Å². The molecule has 1 atom stereocenters. The Balaban J connectivity index is 1.94. The fourth-order valence-electron chi connectivity index (χ4n) is 3.09. The van der Waals surface area contributed by atoms with Crippen molar-refractivity contribution in [1.82, 2.24) is 25.3 Å². The molecule has 0 saturated heterocycles. The molecule has 0 aromatic carbocycles. The lowest BCUT2D eigenvalue weighted by Crippen LogP contribution is -2.23. The molecular weight excluding hydrogens is 413 g/mol. The molecule has 3 aromatic rings. The predicted octanol–water partition coefficient (Wildman–Crippen LogP) is 3.85. The SMILES string of the molecule is CCNC(=O)c1cc2c(N[C@@H](c3cccnc3OCC(F)(F)F)C(C)C)ncnc2[nH]1. The number of anilines is 1. The number of halogens is 3.